The van der Waals surface area contributed by atoms with Crippen molar-refractivity contribution in [3.8, 4) is 0 Å². The van der Waals surface area contributed by atoms with E-state index in [1.165, 1.54) is 11.8 Å². The number of unbranched alkanes of at least 4 members (excludes halogenated alkanes) is 1. The molecule has 4 fully saturated rings. The van der Waals surface area contributed by atoms with Gasteiger partial charge in [-0.2, -0.15) is 5.10 Å². The summed E-state index contributed by atoms with van der Waals surface area (Å²) >= 11 is 0. The second-order valence-corrected chi connectivity index (χ2v) is 15.6. The molecule has 3 aliphatic heterocycles. The summed E-state index contributed by atoms with van der Waals surface area (Å²) in [5.41, 5.74) is 1.59. The summed E-state index contributed by atoms with van der Waals surface area (Å²) in [5.74, 6) is -0.0942. The molecular formula is C31H52N6O5S. The van der Waals surface area contributed by atoms with Gasteiger partial charge in [0.15, 0.2) is 0 Å². The third kappa shape index (κ3) is 6.67. The number of likely N-dealkylation sites (tertiary alicyclic amines) is 1. The average molecular weight is 621 g/mol. The Morgan fingerprint density at radius 1 is 1.00 bits per heavy atom. The van der Waals surface area contributed by atoms with Crippen LogP contribution in [0.4, 0.5) is 0 Å². The molecule has 2 N–H and O–H groups in total. The van der Waals surface area contributed by atoms with Crippen LogP contribution in [0.1, 0.15) is 107 Å². The predicted octanol–water partition coefficient (Wildman–Crippen LogP) is 2.64. The third-order valence-electron chi connectivity index (χ3n) is 10.7. The Morgan fingerprint density at radius 2 is 1.65 bits per heavy atom. The fourth-order valence-electron chi connectivity index (χ4n) is 7.95. The molecule has 0 aromatic carbocycles. The van der Waals surface area contributed by atoms with Gasteiger partial charge in [0.1, 0.15) is 11.6 Å². The van der Waals surface area contributed by atoms with Gasteiger partial charge in [-0.15, -0.1) is 0 Å². The Morgan fingerprint density at radius 3 is 2.26 bits per heavy atom. The van der Waals surface area contributed by atoms with Crippen molar-refractivity contribution < 1.29 is 23.1 Å². The lowest BCUT2D eigenvalue weighted by molar-refractivity contribution is -0.163. The van der Waals surface area contributed by atoms with Crippen molar-refractivity contribution in [2.24, 2.45) is 0 Å². The lowest BCUT2D eigenvalue weighted by Crippen LogP contribution is -2.73. The van der Waals surface area contributed by atoms with Crippen molar-refractivity contribution in [1.82, 2.24) is 29.2 Å². The molecule has 1 aliphatic carbocycles. The van der Waals surface area contributed by atoms with E-state index in [1.54, 1.807) is 4.31 Å². The molecule has 0 unspecified atom stereocenters. The van der Waals surface area contributed by atoms with Gasteiger partial charge in [-0.05, 0) is 58.8 Å². The molecular weight excluding hydrogens is 568 g/mol. The van der Waals surface area contributed by atoms with E-state index in [0.29, 0.717) is 64.8 Å². The normalized spacial score (nSPS) is 25.8. The SMILES string of the molecule is CCCCN1C(=O)[C@@H](CC2(O)CCCCC2)NC(=O)C12CCN(Cc1c(C)nn(C3CCN(S(C)(=O)=O)CC3)c1C)CC2. The fourth-order valence-corrected chi connectivity index (χ4v) is 8.82. The molecule has 1 aromatic heterocycles. The first kappa shape index (κ1) is 32.4. The quantitative estimate of drug-likeness (QED) is 0.435. The molecule has 0 radical (unpaired) electrons. The number of aromatic nitrogens is 2. The van der Waals surface area contributed by atoms with Gasteiger partial charge < -0.3 is 15.3 Å². The number of rotatable bonds is 9. The van der Waals surface area contributed by atoms with Crippen molar-refractivity contribution in [2.75, 3.05) is 39.0 Å². The van der Waals surface area contributed by atoms with Crippen molar-refractivity contribution in [1.29, 1.82) is 0 Å². The number of sulfonamides is 1. The first-order valence-electron chi connectivity index (χ1n) is 16.4. The summed E-state index contributed by atoms with van der Waals surface area (Å²) in [6, 6.07) is -0.477. The Labute approximate surface area is 257 Å². The zero-order valence-corrected chi connectivity index (χ0v) is 27.4. The maximum absolute atomic E-state index is 13.9. The molecule has 43 heavy (non-hydrogen) atoms. The Kier molecular flexibility index (Phi) is 9.61. The molecule has 1 atom stereocenters. The highest BCUT2D eigenvalue weighted by molar-refractivity contribution is 7.88. The van der Waals surface area contributed by atoms with Gasteiger partial charge in [0, 0.05) is 56.9 Å². The van der Waals surface area contributed by atoms with E-state index in [2.05, 4.69) is 28.7 Å². The molecule has 3 saturated heterocycles. The topological polar surface area (TPSA) is 128 Å². The number of carbonyl (C=O) groups excluding carboxylic acids is 2. The molecule has 1 saturated carbocycles. The molecule has 2 amide bonds. The summed E-state index contributed by atoms with van der Waals surface area (Å²) in [6.07, 6.45) is 10.4. The summed E-state index contributed by atoms with van der Waals surface area (Å²) in [5, 5.41) is 19.1. The zero-order valence-electron chi connectivity index (χ0n) is 26.6. The van der Waals surface area contributed by atoms with E-state index < -0.39 is 27.2 Å². The number of nitrogens with zero attached hydrogens (tertiary/aromatic N) is 5. The number of aryl methyl sites for hydroxylation is 1. The van der Waals surface area contributed by atoms with Crippen LogP contribution in [0.3, 0.4) is 0 Å². The summed E-state index contributed by atoms with van der Waals surface area (Å²) in [4.78, 5) is 32.0. The van der Waals surface area contributed by atoms with E-state index >= 15 is 0 Å². The van der Waals surface area contributed by atoms with Crippen LogP contribution in [0.25, 0.3) is 0 Å². The summed E-state index contributed by atoms with van der Waals surface area (Å²) in [7, 11) is -3.17. The number of nitrogens with one attached hydrogen (secondary N) is 1. The highest BCUT2D eigenvalue weighted by Crippen LogP contribution is 2.38. The lowest BCUT2D eigenvalue weighted by Gasteiger charge is -2.52. The van der Waals surface area contributed by atoms with Crippen LogP contribution in [0.15, 0.2) is 0 Å². The number of hydrogen-bond donors (Lipinski definition) is 2. The summed E-state index contributed by atoms with van der Waals surface area (Å²) < 4.78 is 27.5. The molecule has 1 spiro atoms. The number of aliphatic hydroxyl groups is 1. The maximum atomic E-state index is 13.9. The molecule has 0 bridgehead atoms. The van der Waals surface area contributed by atoms with Crippen LogP contribution in [-0.2, 0) is 26.2 Å². The average Bonchev–Trinajstić information content (AvgIpc) is 3.25. The molecule has 11 nitrogen and oxygen atoms in total. The molecule has 5 rings (SSSR count). The van der Waals surface area contributed by atoms with Crippen LogP contribution in [-0.4, -0.2) is 105 Å². The van der Waals surface area contributed by atoms with Crippen molar-refractivity contribution in [2.45, 2.75) is 128 Å². The number of carbonyl (C=O) groups is 2. The predicted molar refractivity (Wildman–Crippen MR) is 165 cm³/mol. The van der Waals surface area contributed by atoms with Crippen molar-refractivity contribution in [3.05, 3.63) is 17.0 Å². The monoisotopic (exact) mass is 620 g/mol. The maximum Gasteiger partial charge on any atom is 0.246 e. The molecule has 4 aliphatic rings. The second kappa shape index (κ2) is 12.8. The Hall–Kier alpha value is -2.02. The van der Waals surface area contributed by atoms with Crippen LogP contribution in [0.5, 0.6) is 0 Å². The highest BCUT2D eigenvalue weighted by Gasteiger charge is 2.54. The first-order valence-corrected chi connectivity index (χ1v) is 18.3. The Balaban J connectivity index is 1.25. The van der Waals surface area contributed by atoms with Gasteiger partial charge >= 0.3 is 0 Å². The summed E-state index contributed by atoms with van der Waals surface area (Å²) in [6.45, 7) is 9.98. The Bertz CT molecular complexity index is 1270. The van der Waals surface area contributed by atoms with E-state index in [0.717, 1.165) is 62.9 Å². The minimum Gasteiger partial charge on any atom is -0.390 e. The second-order valence-electron chi connectivity index (χ2n) is 13.7. The number of piperazine rings is 1. The lowest BCUT2D eigenvalue weighted by atomic mass is 9.77. The van der Waals surface area contributed by atoms with Crippen LogP contribution < -0.4 is 5.32 Å². The van der Waals surface area contributed by atoms with Gasteiger partial charge in [-0.3, -0.25) is 19.2 Å². The van der Waals surface area contributed by atoms with E-state index in [1.807, 2.05) is 11.8 Å². The first-order chi connectivity index (χ1) is 20.4. The zero-order chi connectivity index (χ0) is 31.0. The third-order valence-corrected chi connectivity index (χ3v) is 12.0. The van der Waals surface area contributed by atoms with Gasteiger partial charge in [0.25, 0.3) is 0 Å². The van der Waals surface area contributed by atoms with E-state index in [9.17, 15) is 23.1 Å². The minimum absolute atomic E-state index is 0.0321. The smallest absolute Gasteiger partial charge is 0.246 e. The standard InChI is InChI=1S/C31H52N6O5S/c1-5-6-16-36-28(38)27(21-30(40)12-8-7-9-13-30)32-29(39)31(36)14-19-34(20-15-31)22-26-23(2)33-37(24(26)3)25-10-17-35(18-11-25)43(4,41)42/h25,27,40H,5-22H2,1-4H3,(H,32,39)/t27-/m1/s1. The van der Waals surface area contributed by atoms with Crippen molar-refractivity contribution >= 4 is 21.8 Å². The highest BCUT2D eigenvalue weighted by atomic mass is 32.2. The molecule has 4 heterocycles. The fraction of sp³-hybridized carbons (Fsp3) is 0.839. The van der Waals surface area contributed by atoms with Crippen LogP contribution in [0.2, 0.25) is 0 Å². The van der Waals surface area contributed by atoms with Gasteiger partial charge in [-0.25, -0.2) is 12.7 Å². The molecule has 12 heteroatoms. The number of hydrogen-bond acceptors (Lipinski definition) is 7. The molecule has 1 aromatic rings. The van der Waals surface area contributed by atoms with Gasteiger partial charge in [0.2, 0.25) is 21.8 Å². The minimum atomic E-state index is -3.17. The van der Waals surface area contributed by atoms with E-state index in [4.69, 9.17) is 5.10 Å². The van der Waals surface area contributed by atoms with Gasteiger partial charge in [-0.1, -0.05) is 32.6 Å². The van der Waals surface area contributed by atoms with Gasteiger partial charge in [0.05, 0.1) is 23.6 Å². The van der Waals surface area contributed by atoms with Crippen LogP contribution >= 0.6 is 0 Å². The molecule has 242 valence electrons. The van der Waals surface area contributed by atoms with Crippen molar-refractivity contribution in [3.63, 3.8) is 0 Å². The van der Waals surface area contributed by atoms with Crippen LogP contribution in [0, 0.1) is 13.8 Å². The largest absolute Gasteiger partial charge is 0.390 e. The number of amides is 2. The number of piperidine rings is 2. The van der Waals surface area contributed by atoms with E-state index in [-0.39, 0.29) is 17.9 Å².